The van der Waals surface area contributed by atoms with E-state index in [0.717, 1.165) is 51.4 Å². The number of hydrogen-bond donors (Lipinski definition) is 0. The maximum Gasteiger partial charge on any atom is 1.00 e. The molecule has 0 heterocycles. The van der Waals surface area contributed by atoms with Gasteiger partial charge in [-0.05, 0) is 91.8 Å². The van der Waals surface area contributed by atoms with Gasteiger partial charge in [-0.25, -0.2) is 8.42 Å². The summed E-state index contributed by atoms with van der Waals surface area (Å²) in [6.45, 7) is 23.8. The molecule has 0 aromatic heterocycles. The summed E-state index contributed by atoms with van der Waals surface area (Å²) in [6, 6.07) is 0. The van der Waals surface area contributed by atoms with Gasteiger partial charge in [0.05, 0.1) is 4.75 Å². The van der Waals surface area contributed by atoms with Crippen molar-refractivity contribution in [3.05, 3.63) is 0 Å². The number of unbranched alkanes of at least 4 members (excludes halogenated alkanes) is 90. The molecular formula is C126H251NaO3S. The molecule has 1 saturated carbocycles. The molecule has 1 aliphatic rings. The van der Waals surface area contributed by atoms with Gasteiger partial charge < -0.3 is 4.55 Å². The second kappa shape index (κ2) is 98.3. The molecule has 0 radical (unpaired) electrons. The molecule has 0 aromatic carbocycles. The molecule has 131 heavy (non-hydrogen) atoms. The van der Waals surface area contributed by atoms with E-state index >= 15 is 13.0 Å². The Morgan fingerprint density at radius 2 is 0.275 bits per heavy atom. The summed E-state index contributed by atoms with van der Waals surface area (Å²) >= 11 is 0. The summed E-state index contributed by atoms with van der Waals surface area (Å²) in [5.74, 6) is -0.0988. The van der Waals surface area contributed by atoms with E-state index in [2.05, 4.69) is 69.2 Å². The first-order chi connectivity index (χ1) is 64.0. The van der Waals surface area contributed by atoms with Crippen molar-refractivity contribution in [3.8, 4) is 0 Å². The van der Waals surface area contributed by atoms with Gasteiger partial charge >= 0.3 is 29.6 Å². The molecule has 0 aromatic rings. The van der Waals surface area contributed by atoms with E-state index in [-0.39, 0.29) is 51.7 Å². The first-order valence-electron chi connectivity index (χ1n) is 62.9. The molecular weight excluding hydrogens is 1620 g/mol. The van der Waals surface area contributed by atoms with Crippen molar-refractivity contribution < 1.29 is 42.5 Å². The van der Waals surface area contributed by atoms with Crippen LogP contribution in [0, 0.1) is 27.6 Å². The van der Waals surface area contributed by atoms with Crippen LogP contribution in [0.15, 0.2) is 0 Å². The predicted molar refractivity (Wildman–Crippen MR) is 590 cm³/mol. The van der Waals surface area contributed by atoms with E-state index in [9.17, 15) is 0 Å². The quantitative estimate of drug-likeness (QED) is 0.0346. The Kier molecular flexibility index (Phi) is 99.0. The SMILES string of the molecule is CCCCCCCCCCCCC1C(CCCCCCCCCCCC)(CCCCCCCCCCCC)C(CCCCCCCCCCCC)(CCCCCCCCCCCC)C(CCCCCCCCCCCC)(CCCCCCCCCCCC)C(CCCCCCCCCCCC)(CCCCCCCCCCCC)C1(CCCCCCCCCCCC)S(=O)(=O)[O-].[Na+]. The Bertz CT molecular complexity index is 2220. The first-order valence-corrected chi connectivity index (χ1v) is 64.4. The zero-order valence-electron chi connectivity index (χ0n) is 93.5. The largest absolute Gasteiger partial charge is 1.00 e. The van der Waals surface area contributed by atoms with E-state index in [1.165, 1.54) is 649 Å². The minimum Gasteiger partial charge on any atom is -0.747 e. The maximum absolute atomic E-state index is 18.2. The normalized spacial score (nSPS) is 15.9. The van der Waals surface area contributed by atoms with Gasteiger partial charge in [-0.15, -0.1) is 0 Å². The number of hydrogen-bond acceptors (Lipinski definition) is 3. The Balaban J connectivity index is 0.000169. The maximum atomic E-state index is 18.2. The van der Waals surface area contributed by atoms with Crippen LogP contribution in [0.5, 0.6) is 0 Å². The van der Waals surface area contributed by atoms with Crippen LogP contribution in [0.1, 0.15) is 776 Å². The van der Waals surface area contributed by atoms with E-state index in [1.54, 1.807) is 0 Å². The van der Waals surface area contributed by atoms with E-state index in [1.807, 2.05) is 0 Å². The molecule has 0 N–H and O–H groups in total. The van der Waals surface area contributed by atoms with Gasteiger partial charge in [0.25, 0.3) is 0 Å². The van der Waals surface area contributed by atoms with Crippen molar-refractivity contribution in [3.63, 3.8) is 0 Å². The fourth-order valence-corrected chi connectivity index (χ4v) is 29.1. The first kappa shape index (κ1) is 132. The summed E-state index contributed by atoms with van der Waals surface area (Å²) < 4.78 is 53.2. The van der Waals surface area contributed by atoms with Crippen LogP contribution in [-0.2, 0) is 10.1 Å². The van der Waals surface area contributed by atoms with Crippen LogP contribution in [0.2, 0.25) is 0 Å². The fourth-order valence-electron chi connectivity index (χ4n) is 27.1. The third kappa shape index (κ3) is 62.3. The van der Waals surface area contributed by atoms with Gasteiger partial charge in [0.15, 0.2) is 0 Å². The van der Waals surface area contributed by atoms with Crippen LogP contribution in [0.25, 0.3) is 0 Å². The Morgan fingerprint density at radius 1 is 0.153 bits per heavy atom. The molecule has 1 rings (SSSR count). The second-order valence-corrected chi connectivity index (χ2v) is 47.3. The van der Waals surface area contributed by atoms with Crippen molar-refractivity contribution in [1.29, 1.82) is 0 Å². The number of rotatable bonds is 111. The third-order valence-corrected chi connectivity index (χ3v) is 36.5. The Labute approximate surface area is 853 Å². The van der Waals surface area contributed by atoms with E-state index in [4.69, 9.17) is 0 Å². The summed E-state index contributed by atoms with van der Waals surface area (Å²) in [4.78, 5) is 0. The smallest absolute Gasteiger partial charge is 0.747 e. The van der Waals surface area contributed by atoms with Crippen molar-refractivity contribution >= 4 is 10.1 Å². The van der Waals surface area contributed by atoms with Crippen LogP contribution >= 0.6 is 0 Å². The van der Waals surface area contributed by atoms with Gasteiger partial charge in [-0.1, -0.05) is 711 Å². The molecule has 0 aliphatic heterocycles. The summed E-state index contributed by atoms with van der Waals surface area (Å²) in [6.07, 6.45) is 144. The topological polar surface area (TPSA) is 57.2 Å². The average molecular weight is 1870 g/mol. The fraction of sp³-hybridized carbons (Fsp3) is 1.00. The molecule has 2 unspecified atom stereocenters. The monoisotopic (exact) mass is 1870 g/mol. The van der Waals surface area contributed by atoms with Crippen LogP contribution in [0.4, 0.5) is 0 Å². The van der Waals surface area contributed by atoms with E-state index in [0.29, 0.717) is 6.42 Å². The van der Waals surface area contributed by atoms with Crippen molar-refractivity contribution in [1.82, 2.24) is 0 Å². The predicted octanol–water partition coefficient (Wildman–Crippen LogP) is 44.0. The summed E-state index contributed by atoms with van der Waals surface area (Å²) in [7, 11) is -4.98. The third-order valence-electron chi connectivity index (χ3n) is 34.7. The Morgan fingerprint density at radius 3 is 0.435 bits per heavy atom. The van der Waals surface area contributed by atoms with Crippen LogP contribution in [-0.4, -0.2) is 17.7 Å². The van der Waals surface area contributed by atoms with Crippen molar-refractivity contribution in [2.45, 2.75) is 780 Å². The molecule has 3 nitrogen and oxygen atoms in total. The molecule has 1 aliphatic carbocycles. The van der Waals surface area contributed by atoms with Gasteiger partial charge in [-0.2, -0.15) is 0 Å². The minimum atomic E-state index is -4.98. The van der Waals surface area contributed by atoms with Crippen molar-refractivity contribution in [2.75, 3.05) is 0 Å². The zero-order chi connectivity index (χ0) is 94.4. The minimum absolute atomic E-state index is 0. The van der Waals surface area contributed by atoms with Crippen molar-refractivity contribution in [2.24, 2.45) is 27.6 Å². The zero-order valence-corrected chi connectivity index (χ0v) is 96.3. The molecule has 780 valence electrons. The average Bonchev–Trinajstić information content (AvgIpc) is 0.640. The second-order valence-electron chi connectivity index (χ2n) is 45.7. The molecule has 0 spiro atoms. The van der Waals surface area contributed by atoms with Crippen LogP contribution in [0.3, 0.4) is 0 Å². The van der Waals surface area contributed by atoms with Gasteiger partial charge in [0.1, 0.15) is 10.1 Å². The molecule has 0 amide bonds. The van der Waals surface area contributed by atoms with E-state index < -0.39 is 20.3 Å². The molecule has 2 atom stereocenters. The van der Waals surface area contributed by atoms with Gasteiger partial charge in [0, 0.05) is 0 Å². The van der Waals surface area contributed by atoms with Crippen LogP contribution < -0.4 is 29.6 Å². The summed E-state index contributed by atoms with van der Waals surface area (Å²) in [5, 5.41) is 0. The Hall–Kier alpha value is 0.910. The summed E-state index contributed by atoms with van der Waals surface area (Å²) in [5.41, 5.74) is -1.17. The van der Waals surface area contributed by atoms with Gasteiger partial charge in [0.2, 0.25) is 0 Å². The molecule has 0 bridgehead atoms. The standard InChI is InChI=1S/C126H252O3S.Na/c1-11-21-31-41-51-61-71-81-91-101-111-121-122(112-102-92-82-72-62-52-42-32-22-12-2,113-103-93-83-73-63-53-43-33-23-13-3)123(114-104-94-84-74-64-54-44-34-24-14-4,115-105-95-85-75-65-55-45-35-25-15-5)124(116-106-96-86-76-66-56-46-36-26-16-6,117-107-97-87-77-67-57-47-37-27-17-7)125(118-108-98-88-78-68-58-48-38-28-18-8,119-109-99-89-79-69-59-49-39-29-19-9)126(121,130(127,128)129)120-110-100-90-80-70-60-50-40-30-20-10;/h121H,11-120H2,1-10H3,(H,127,128,129);/q;+1/p-1. The molecule has 5 heteroatoms. The van der Waals surface area contributed by atoms with Gasteiger partial charge in [-0.3, -0.25) is 0 Å². The molecule has 1 fully saturated rings. The molecule has 0 saturated heterocycles.